The molecule has 1 aromatic rings. The molecule has 1 saturated heterocycles. The smallest absolute Gasteiger partial charge is 0.137 e. The summed E-state index contributed by atoms with van der Waals surface area (Å²) >= 11 is 3.18. The Morgan fingerprint density at radius 3 is 3.06 bits per heavy atom. The average molecular weight is 302 g/mol. The van der Waals surface area contributed by atoms with E-state index in [-0.39, 0.29) is 11.9 Å². The Bertz CT molecular complexity index is 386. The summed E-state index contributed by atoms with van der Waals surface area (Å²) in [4.78, 5) is 0. The maximum atomic E-state index is 13.1. The summed E-state index contributed by atoms with van der Waals surface area (Å²) in [5.41, 5.74) is 0.996. The molecule has 2 atom stereocenters. The fourth-order valence-corrected chi connectivity index (χ4v) is 2.44. The van der Waals surface area contributed by atoms with Crippen LogP contribution in [0.1, 0.15) is 18.9 Å². The van der Waals surface area contributed by atoms with Crippen LogP contribution in [-0.4, -0.2) is 19.2 Å². The molecule has 17 heavy (non-hydrogen) atoms. The number of piperidine rings is 1. The van der Waals surface area contributed by atoms with Crippen LogP contribution in [0.2, 0.25) is 0 Å². The van der Waals surface area contributed by atoms with E-state index in [0.29, 0.717) is 17.0 Å². The number of nitrogens with one attached hydrogen (secondary N) is 1. The van der Waals surface area contributed by atoms with Crippen molar-refractivity contribution >= 4 is 15.9 Å². The van der Waals surface area contributed by atoms with Gasteiger partial charge in [0, 0.05) is 6.54 Å². The number of rotatable bonds is 3. The molecule has 0 aromatic heterocycles. The standard InChI is InChI=1S/C13H17BrFNO/c1-9-4-5-16-7-13(9)17-8-10-2-3-12(15)11(14)6-10/h2-3,6,9,13,16H,4-5,7-8H2,1H3. The van der Waals surface area contributed by atoms with Gasteiger partial charge in [0.15, 0.2) is 0 Å². The molecule has 0 bridgehead atoms. The topological polar surface area (TPSA) is 21.3 Å². The van der Waals surface area contributed by atoms with Crippen LogP contribution in [0.5, 0.6) is 0 Å². The van der Waals surface area contributed by atoms with Gasteiger partial charge >= 0.3 is 0 Å². The normalized spacial score (nSPS) is 24.9. The van der Waals surface area contributed by atoms with Crippen molar-refractivity contribution < 1.29 is 9.13 Å². The molecule has 4 heteroatoms. The molecule has 0 amide bonds. The van der Waals surface area contributed by atoms with Crippen molar-refractivity contribution in [3.63, 3.8) is 0 Å². The van der Waals surface area contributed by atoms with Crippen LogP contribution in [0.4, 0.5) is 4.39 Å². The molecule has 2 rings (SSSR count). The van der Waals surface area contributed by atoms with Crippen molar-refractivity contribution in [2.24, 2.45) is 5.92 Å². The fourth-order valence-electron chi connectivity index (χ4n) is 2.02. The highest BCUT2D eigenvalue weighted by molar-refractivity contribution is 9.10. The summed E-state index contributed by atoms with van der Waals surface area (Å²) in [6.45, 7) is 4.73. The van der Waals surface area contributed by atoms with Crippen molar-refractivity contribution in [2.75, 3.05) is 13.1 Å². The van der Waals surface area contributed by atoms with E-state index in [1.807, 2.05) is 0 Å². The first-order valence-corrected chi connectivity index (χ1v) is 6.72. The highest BCUT2D eigenvalue weighted by Crippen LogP contribution is 2.20. The van der Waals surface area contributed by atoms with Gasteiger partial charge in [0.1, 0.15) is 5.82 Å². The Balaban J connectivity index is 1.90. The third-order valence-corrected chi connectivity index (χ3v) is 3.81. The highest BCUT2D eigenvalue weighted by Gasteiger charge is 2.21. The molecular formula is C13H17BrFNO. The molecule has 94 valence electrons. The summed E-state index contributed by atoms with van der Waals surface area (Å²) in [6, 6.07) is 5.00. The number of hydrogen-bond donors (Lipinski definition) is 1. The molecule has 1 heterocycles. The van der Waals surface area contributed by atoms with E-state index < -0.39 is 0 Å². The molecule has 0 spiro atoms. The summed E-state index contributed by atoms with van der Waals surface area (Å²) in [5, 5.41) is 3.33. The third kappa shape index (κ3) is 3.50. The summed E-state index contributed by atoms with van der Waals surface area (Å²) in [5.74, 6) is 0.349. The number of benzene rings is 1. The molecule has 2 unspecified atom stereocenters. The molecule has 1 aromatic carbocycles. The summed E-state index contributed by atoms with van der Waals surface area (Å²) in [6.07, 6.45) is 1.41. The predicted octanol–water partition coefficient (Wildman–Crippen LogP) is 3.10. The molecule has 1 fully saturated rings. The molecule has 0 aliphatic carbocycles. The van der Waals surface area contributed by atoms with Crippen LogP contribution in [-0.2, 0) is 11.3 Å². The number of ether oxygens (including phenoxy) is 1. The molecule has 0 radical (unpaired) electrons. The van der Waals surface area contributed by atoms with E-state index in [4.69, 9.17) is 4.74 Å². The van der Waals surface area contributed by atoms with Gasteiger partial charge in [0.05, 0.1) is 17.2 Å². The minimum atomic E-state index is -0.235. The third-order valence-electron chi connectivity index (χ3n) is 3.20. The Kier molecular flexibility index (Phi) is 4.54. The van der Waals surface area contributed by atoms with Crippen molar-refractivity contribution in [3.05, 3.63) is 34.1 Å². The first kappa shape index (κ1) is 13.0. The first-order valence-electron chi connectivity index (χ1n) is 5.93. The largest absolute Gasteiger partial charge is 0.372 e. The lowest BCUT2D eigenvalue weighted by Gasteiger charge is -2.29. The van der Waals surface area contributed by atoms with Crippen LogP contribution in [0.25, 0.3) is 0 Å². The molecule has 1 aliphatic rings. The van der Waals surface area contributed by atoms with Crippen LogP contribution >= 0.6 is 15.9 Å². The van der Waals surface area contributed by atoms with E-state index in [1.165, 1.54) is 6.07 Å². The lowest BCUT2D eigenvalue weighted by Crippen LogP contribution is -2.40. The first-order chi connectivity index (χ1) is 8.16. The fraction of sp³-hybridized carbons (Fsp3) is 0.538. The van der Waals surface area contributed by atoms with Crippen LogP contribution in [0.15, 0.2) is 22.7 Å². The van der Waals surface area contributed by atoms with E-state index in [9.17, 15) is 4.39 Å². The molecular weight excluding hydrogens is 285 g/mol. The van der Waals surface area contributed by atoms with Crippen molar-refractivity contribution in [2.45, 2.75) is 26.1 Å². The van der Waals surface area contributed by atoms with Crippen LogP contribution in [0, 0.1) is 11.7 Å². The van der Waals surface area contributed by atoms with Gasteiger partial charge < -0.3 is 10.1 Å². The number of halogens is 2. The minimum absolute atomic E-state index is 0.235. The molecule has 1 N–H and O–H groups in total. The van der Waals surface area contributed by atoms with Gasteiger partial charge in [-0.25, -0.2) is 4.39 Å². The maximum Gasteiger partial charge on any atom is 0.137 e. The Hall–Kier alpha value is -0.450. The van der Waals surface area contributed by atoms with Crippen molar-refractivity contribution in [1.29, 1.82) is 0 Å². The second-order valence-electron chi connectivity index (χ2n) is 4.57. The zero-order valence-corrected chi connectivity index (χ0v) is 11.5. The van der Waals surface area contributed by atoms with Gasteiger partial charge in [-0.3, -0.25) is 0 Å². The SMILES string of the molecule is CC1CCNCC1OCc1ccc(F)c(Br)c1. The van der Waals surface area contributed by atoms with Crippen LogP contribution in [0.3, 0.4) is 0 Å². The average Bonchev–Trinajstić information content (AvgIpc) is 2.32. The summed E-state index contributed by atoms with van der Waals surface area (Å²) in [7, 11) is 0. The summed E-state index contributed by atoms with van der Waals surface area (Å²) < 4.78 is 19.4. The predicted molar refractivity (Wildman–Crippen MR) is 69.3 cm³/mol. The van der Waals surface area contributed by atoms with Crippen molar-refractivity contribution in [1.82, 2.24) is 5.32 Å². The monoisotopic (exact) mass is 301 g/mol. The van der Waals surface area contributed by atoms with Crippen LogP contribution < -0.4 is 5.32 Å². The highest BCUT2D eigenvalue weighted by atomic mass is 79.9. The van der Waals surface area contributed by atoms with E-state index in [0.717, 1.165) is 25.1 Å². The second kappa shape index (κ2) is 5.94. The van der Waals surface area contributed by atoms with E-state index >= 15 is 0 Å². The van der Waals surface area contributed by atoms with Gasteiger partial charge in [-0.15, -0.1) is 0 Å². The van der Waals surface area contributed by atoms with Gasteiger partial charge in [0.25, 0.3) is 0 Å². The Morgan fingerprint density at radius 1 is 1.53 bits per heavy atom. The maximum absolute atomic E-state index is 13.1. The molecule has 0 saturated carbocycles. The van der Waals surface area contributed by atoms with Gasteiger partial charge in [-0.05, 0) is 52.5 Å². The molecule has 2 nitrogen and oxygen atoms in total. The Morgan fingerprint density at radius 2 is 2.35 bits per heavy atom. The van der Waals surface area contributed by atoms with E-state index in [2.05, 4.69) is 28.2 Å². The Labute approximate surface area is 110 Å². The van der Waals surface area contributed by atoms with Crippen molar-refractivity contribution in [3.8, 4) is 0 Å². The van der Waals surface area contributed by atoms with E-state index in [1.54, 1.807) is 12.1 Å². The minimum Gasteiger partial charge on any atom is -0.372 e. The second-order valence-corrected chi connectivity index (χ2v) is 5.42. The lowest BCUT2D eigenvalue weighted by molar-refractivity contribution is -0.00661. The zero-order valence-electron chi connectivity index (χ0n) is 9.88. The number of hydrogen-bond acceptors (Lipinski definition) is 2. The van der Waals surface area contributed by atoms with Gasteiger partial charge in [-0.2, -0.15) is 0 Å². The zero-order chi connectivity index (χ0) is 12.3. The quantitative estimate of drug-likeness (QED) is 0.926. The lowest BCUT2D eigenvalue weighted by atomic mass is 9.97. The van der Waals surface area contributed by atoms with Gasteiger partial charge in [0.2, 0.25) is 0 Å². The van der Waals surface area contributed by atoms with Gasteiger partial charge in [-0.1, -0.05) is 13.0 Å². The molecule has 1 aliphatic heterocycles.